The molecule has 1 heterocycles. The summed E-state index contributed by atoms with van der Waals surface area (Å²) < 4.78 is 39.6. The molecule has 1 rings (SSSR count). The van der Waals surface area contributed by atoms with E-state index in [0.717, 1.165) is 0 Å². The summed E-state index contributed by atoms with van der Waals surface area (Å²) in [6, 6.07) is 0. The number of ether oxygens (including phenoxy) is 1. The van der Waals surface area contributed by atoms with Gasteiger partial charge in [-0.05, 0) is 19.1 Å². The molecule has 3 N–H and O–H groups in total. The van der Waals surface area contributed by atoms with Crippen molar-refractivity contribution < 1.29 is 27.9 Å². The normalized spacial score (nSPS) is 19.6. The molecule has 0 aliphatic carbocycles. The highest BCUT2D eigenvalue weighted by Crippen LogP contribution is 2.34. The Kier molecular flexibility index (Phi) is 6.14. The van der Waals surface area contributed by atoms with Crippen LogP contribution in [-0.4, -0.2) is 65.3 Å². The Hall–Kier alpha value is -1.16. The number of hydrogen-bond donors (Lipinski definition) is 2. The summed E-state index contributed by atoms with van der Waals surface area (Å²) in [5.74, 6) is -0.399. The first-order valence-electron chi connectivity index (χ1n) is 6.19. The molecule has 0 unspecified atom stereocenters. The molecule has 0 bridgehead atoms. The molecule has 1 amide bonds. The summed E-state index contributed by atoms with van der Waals surface area (Å²) in [6.45, 7) is -1.39. The molecular weight excluding hydrogens is 311 g/mol. The van der Waals surface area contributed by atoms with Crippen LogP contribution in [0.2, 0.25) is 0 Å². The van der Waals surface area contributed by atoms with Gasteiger partial charge in [-0.25, -0.2) is 0 Å². The van der Waals surface area contributed by atoms with E-state index < -0.39 is 30.0 Å². The minimum Gasteiger partial charge on any atom is -0.409 e. The molecule has 21 heavy (non-hydrogen) atoms. The number of carbonyl (C=O) groups is 1. The zero-order valence-electron chi connectivity index (χ0n) is 11.5. The topological polar surface area (TPSA) is 88.2 Å². The van der Waals surface area contributed by atoms with Gasteiger partial charge < -0.3 is 20.6 Å². The molecule has 0 aromatic rings. The largest absolute Gasteiger partial charge is 0.411 e. The van der Waals surface area contributed by atoms with Crippen molar-refractivity contribution in [2.45, 2.75) is 23.8 Å². The van der Waals surface area contributed by atoms with Crippen LogP contribution in [-0.2, 0) is 9.53 Å². The molecular formula is C11H18F3N3O3S. The van der Waals surface area contributed by atoms with Crippen LogP contribution in [0.25, 0.3) is 0 Å². The minimum atomic E-state index is -4.44. The minimum absolute atomic E-state index is 0.0930. The Balaban J connectivity index is 2.47. The van der Waals surface area contributed by atoms with E-state index in [-0.39, 0.29) is 5.84 Å². The smallest absolute Gasteiger partial charge is 0.409 e. The fourth-order valence-corrected chi connectivity index (χ4v) is 2.96. The second-order valence-electron chi connectivity index (χ2n) is 4.67. The first kappa shape index (κ1) is 17.9. The highest BCUT2D eigenvalue weighted by Gasteiger charge is 2.39. The standard InChI is InChI=1S/C11H18F3N3O3S/c1-21-10(9(15)16-19)2-4-17(5-3-10)8(18)6-20-7-11(12,13)14/h19H,2-7H2,1H3,(H2,15,16). The Labute approximate surface area is 124 Å². The van der Waals surface area contributed by atoms with Gasteiger partial charge in [0.05, 0.1) is 4.75 Å². The molecule has 0 radical (unpaired) electrons. The lowest BCUT2D eigenvalue weighted by atomic mass is 9.94. The van der Waals surface area contributed by atoms with Gasteiger partial charge in [0.15, 0.2) is 5.84 Å². The molecule has 6 nitrogen and oxygen atoms in total. The third-order valence-electron chi connectivity index (χ3n) is 3.38. The second-order valence-corrected chi connectivity index (χ2v) is 5.86. The molecule has 1 fully saturated rings. The monoisotopic (exact) mass is 329 g/mol. The number of amidine groups is 1. The van der Waals surface area contributed by atoms with Crippen LogP contribution in [0.4, 0.5) is 13.2 Å². The van der Waals surface area contributed by atoms with Gasteiger partial charge in [-0.15, -0.1) is 0 Å². The first-order valence-corrected chi connectivity index (χ1v) is 7.42. The van der Waals surface area contributed by atoms with Crippen molar-refractivity contribution >= 4 is 23.5 Å². The van der Waals surface area contributed by atoms with Gasteiger partial charge in [0.1, 0.15) is 13.2 Å². The summed E-state index contributed by atoms with van der Waals surface area (Å²) in [5, 5.41) is 11.8. The third-order valence-corrected chi connectivity index (χ3v) is 4.78. The van der Waals surface area contributed by atoms with Crippen LogP contribution in [0, 0.1) is 0 Å². The third kappa shape index (κ3) is 4.95. The van der Waals surface area contributed by atoms with E-state index in [1.807, 2.05) is 6.26 Å². The Morgan fingerprint density at radius 2 is 2.05 bits per heavy atom. The number of oxime groups is 1. The maximum Gasteiger partial charge on any atom is 0.411 e. The summed E-state index contributed by atoms with van der Waals surface area (Å²) in [6.07, 6.45) is -1.69. The van der Waals surface area contributed by atoms with Crippen molar-refractivity contribution in [2.24, 2.45) is 10.9 Å². The van der Waals surface area contributed by atoms with E-state index in [0.29, 0.717) is 25.9 Å². The summed E-state index contributed by atoms with van der Waals surface area (Å²) >= 11 is 1.43. The van der Waals surface area contributed by atoms with Crippen LogP contribution in [0.3, 0.4) is 0 Å². The van der Waals surface area contributed by atoms with Gasteiger partial charge in [-0.2, -0.15) is 24.9 Å². The molecule has 1 saturated heterocycles. The van der Waals surface area contributed by atoms with Crippen molar-refractivity contribution in [1.82, 2.24) is 4.90 Å². The lowest BCUT2D eigenvalue weighted by molar-refractivity contribution is -0.178. The average molecular weight is 329 g/mol. The maximum atomic E-state index is 11.9. The molecule has 10 heteroatoms. The SMILES string of the molecule is CSC1(C(N)=NO)CCN(C(=O)COCC(F)(F)F)CC1. The van der Waals surface area contributed by atoms with E-state index in [2.05, 4.69) is 9.89 Å². The number of carbonyl (C=O) groups excluding carboxylic acids is 1. The predicted molar refractivity (Wildman–Crippen MR) is 72.3 cm³/mol. The van der Waals surface area contributed by atoms with Crippen molar-refractivity contribution in [2.75, 3.05) is 32.6 Å². The van der Waals surface area contributed by atoms with Crippen molar-refractivity contribution in [3.05, 3.63) is 0 Å². The van der Waals surface area contributed by atoms with Crippen molar-refractivity contribution in [1.29, 1.82) is 0 Å². The van der Waals surface area contributed by atoms with E-state index in [1.165, 1.54) is 16.7 Å². The number of alkyl halides is 3. The Bertz CT molecular complexity index is 396. The van der Waals surface area contributed by atoms with Crippen LogP contribution in [0.15, 0.2) is 5.16 Å². The highest BCUT2D eigenvalue weighted by molar-refractivity contribution is 8.00. The molecule has 122 valence electrons. The summed E-state index contributed by atoms with van der Waals surface area (Å²) in [4.78, 5) is 13.2. The van der Waals surface area contributed by atoms with E-state index in [4.69, 9.17) is 10.9 Å². The van der Waals surface area contributed by atoms with Gasteiger partial charge >= 0.3 is 6.18 Å². The average Bonchev–Trinajstić information content (AvgIpc) is 2.45. The number of nitrogens with two attached hydrogens (primary N) is 1. The van der Waals surface area contributed by atoms with Gasteiger partial charge in [0.25, 0.3) is 0 Å². The molecule has 1 aliphatic heterocycles. The molecule has 0 aromatic carbocycles. The first-order chi connectivity index (χ1) is 9.74. The van der Waals surface area contributed by atoms with Crippen molar-refractivity contribution in [3.8, 4) is 0 Å². The highest BCUT2D eigenvalue weighted by atomic mass is 32.2. The van der Waals surface area contributed by atoms with Crippen molar-refractivity contribution in [3.63, 3.8) is 0 Å². The Morgan fingerprint density at radius 1 is 1.48 bits per heavy atom. The number of rotatable bonds is 5. The predicted octanol–water partition coefficient (Wildman–Crippen LogP) is 1.04. The fourth-order valence-electron chi connectivity index (χ4n) is 2.12. The van der Waals surface area contributed by atoms with Crippen LogP contribution >= 0.6 is 11.8 Å². The van der Waals surface area contributed by atoms with E-state index in [1.54, 1.807) is 0 Å². The van der Waals surface area contributed by atoms with Crippen LogP contribution in [0.5, 0.6) is 0 Å². The number of nitrogens with zero attached hydrogens (tertiary/aromatic N) is 2. The van der Waals surface area contributed by atoms with Crippen LogP contribution in [0.1, 0.15) is 12.8 Å². The maximum absolute atomic E-state index is 11.9. The fraction of sp³-hybridized carbons (Fsp3) is 0.818. The number of hydrogen-bond acceptors (Lipinski definition) is 5. The number of thioether (sulfide) groups is 1. The van der Waals surface area contributed by atoms with Gasteiger partial charge in [0, 0.05) is 13.1 Å². The number of amides is 1. The second kappa shape index (κ2) is 7.21. The number of halogens is 3. The molecule has 0 spiro atoms. The molecule has 0 aromatic heterocycles. The quantitative estimate of drug-likeness (QED) is 0.340. The lowest BCUT2D eigenvalue weighted by Crippen LogP contribution is -2.52. The zero-order valence-corrected chi connectivity index (χ0v) is 12.3. The van der Waals surface area contributed by atoms with Gasteiger partial charge in [-0.1, -0.05) is 5.16 Å². The summed E-state index contributed by atoms with van der Waals surface area (Å²) in [5.41, 5.74) is 5.67. The van der Waals surface area contributed by atoms with Crippen LogP contribution < -0.4 is 5.73 Å². The number of likely N-dealkylation sites (tertiary alicyclic amines) is 1. The number of piperidine rings is 1. The zero-order chi connectivity index (χ0) is 16.1. The molecule has 0 saturated carbocycles. The summed E-state index contributed by atoms with van der Waals surface area (Å²) in [7, 11) is 0. The molecule has 1 aliphatic rings. The van der Waals surface area contributed by atoms with E-state index in [9.17, 15) is 18.0 Å². The molecule has 0 atom stereocenters. The van der Waals surface area contributed by atoms with Gasteiger partial charge in [-0.3, -0.25) is 4.79 Å². The Morgan fingerprint density at radius 3 is 2.48 bits per heavy atom. The lowest BCUT2D eigenvalue weighted by Gasteiger charge is -2.39. The van der Waals surface area contributed by atoms with Gasteiger partial charge in [0.2, 0.25) is 5.91 Å². The van der Waals surface area contributed by atoms with E-state index >= 15 is 0 Å².